The van der Waals surface area contributed by atoms with Crippen LogP contribution in [0.2, 0.25) is 0 Å². The minimum atomic E-state index is -1.32. The summed E-state index contributed by atoms with van der Waals surface area (Å²) in [7, 11) is 0. The Hall–Kier alpha value is -7.68. The van der Waals surface area contributed by atoms with Crippen molar-refractivity contribution in [1.82, 2.24) is 0 Å². The monoisotopic (exact) mass is 694 g/mol. The van der Waals surface area contributed by atoms with E-state index in [2.05, 4.69) is 0 Å². The first-order chi connectivity index (χ1) is 24.2. The van der Waals surface area contributed by atoms with Gasteiger partial charge in [0.1, 0.15) is 11.2 Å². The Kier molecular flexibility index (Phi) is 5.96. The van der Waals surface area contributed by atoms with Gasteiger partial charge >= 0.3 is 0 Å². The van der Waals surface area contributed by atoms with Crippen LogP contribution >= 0.6 is 0 Å². The smallest absolute Gasteiger partial charge is 0.205 e. The number of rotatable bonds is 2. The molecule has 0 saturated carbocycles. The second kappa shape index (κ2) is 9.93. The zero-order chi connectivity index (χ0) is 36.5. The Morgan fingerprint density at radius 3 is 1.29 bits per heavy atom. The van der Waals surface area contributed by atoms with Crippen molar-refractivity contribution < 1.29 is 75.9 Å². The number of benzene rings is 7. The van der Waals surface area contributed by atoms with Crippen LogP contribution in [-0.2, 0) is 0 Å². The molecule has 0 bridgehead atoms. The molecule has 0 aliphatic carbocycles. The van der Waals surface area contributed by atoms with Gasteiger partial charge in [0.15, 0.2) is 46.0 Å². The molecule has 0 spiro atoms. The summed E-state index contributed by atoms with van der Waals surface area (Å²) in [5.74, 6) is -17.1. The lowest BCUT2D eigenvalue weighted by molar-refractivity contribution is 0.349. The van der Waals surface area contributed by atoms with Gasteiger partial charge in [0.05, 0.1) is 5.39 Å². The van der Waals surface area contributed by atoms with Gasteiger partial charge in [-0.1, -0.05) is 24.3 Å². The molecule has 14 N–H and O–H groups in total. The average molecular weight is 695 g/mol. The van der Waals surface area contributed by atoms with Crippen molar-refractivity contribution in [3.63, 3.8) is 0 Å². The van der Waals surface area contributed by atoms with Crippen molar-refractivity contribution in [2.75, 3.05) is 0 Å². The molecular formula is C36H22O15. The number of para-hydroxylation sites is 1. The second-order valence-electron chi connectivity index (χ2n) is 11.8. The Morgan fingerprint density at radius 2 is 0.745 bits per heavy atom. The molecule has 8 aromatic rings. The number of phenolic OH excluding ortho intramolecular Hbond substituents is 14. The number of aromatic hydroxyl groups is 14. The van der Waals surface area contributed by atoms with Crippen LogP contribution in [-0.4, -0.2) is 71.5 Å². The van der Waals surface area contributed by atoms with E-state index < -0.39 is 124 Å². The van der Waals surface area contributed by atoms with Crippen LogP contribution in [0.3, 0.4) is 0 Å². The van der Waals surface area contributed by atoms with Crippen LogP contribution in [0.15, 0.2) is 52.9 Å². The van der Waals surface area contributed by atoms with E-state index in [9.17, 15) is 71.5 Å². The van der Waals surface area contributed by atoms with Gasteiger partial charge in [-0.05, 0) is 29.8 Å². The Bertz CT molecular complexity index is 2830. The lowest BCUT2D eigenvalue weighted by atomic mass is 9.82. The normalized spacial score (nSPS) is 11.8. The fraction of sp³-hybridized carbons (Fsp3) is 0. The van der Waals surface area contributed by atoms with E-state index in [1.165, 1.54) is 18.2 Å². The van der Waals surface area contributed by atoms with Crippen molar-refractivity contribution in [1.29, 1.82) is 0 Å². The van der Waals surface area contributed by atoms with E-state index in [1.807, 2.05) is 0 Å². The second-order valence-corrected chi connectivity index (χ2v) is 11.8. The first-order valence-corrected chi connectivity index (χ1v) is 14.7. The molecule has 0 amide bonds. The molecule has 0 saturated heterocycles. The predicted molar refractivity (Wildman–Crippen MR) is 180 cm³/mol. The molecular weight excluding hydrogens is 672 g/mol. The quantitative estimate of drug-likeness (QED) is 0.0540. The Labute approximate surface area is 281 Å². The van der Waals surface area contributed by atoms with Gasteiger partial charge in [0, 0.05) is 54.4 Å². The highest BCUT2D eigenvalue weighted by Gasteiger charge is 2.34. The summed E-state index contributed by atoms with van der Waals surface area (Å²) in [5.41, 5.74) is -0.818. The highest BCUT2D eigenvalue weighted by Crippen LogP contribution is 2.64. The minimum absolute atomic E-state index is 0.0729. The van der Waals surface area contributed by atoms with Crippen LogP contribution < -0.4 is 0 Å². The number of hydrogen-bond acceptors (Lipinski definition) is 15. The lowest BCUT2D eigenvalue weighted by Crippen LogP contribution is -1.95. The summed E-state index contributed by atoms with van der Waals surface area (Å²) in [4.78, 5) is 0. The van der Waals surface area contributed by atoms with E-state index in [0.29, 0.717) is 21.9 Å². The van der Waals surface area contributed by atoms with Crippen molar-refractivity contribution in [3.05, 3.63) is 48.5 Å². The highest BCUT2D eigenvalue weighted by atomic mass is 16.4. The van der Waals surface area contributed by atoms with Crippen molar-refractivity contribution in [2.24, 2.45) is 0 Å². The van der Waals surface area contributed by atoms with E-state index >= 15 is 0 Å². The molecule has 15 heteroatoms. The van der Waals surface area contributed by atoms with Crippen LogP contribution in [0, 0.1) is 0 Å². The molecule has 8 rings (SSSR count). The van der Waals surface area contributed by atoms with Gasteiger partial charge in [0.2, 0.25) is 34.5 Å². The molecule has 7 aromatic carbocycles. The maximum atomic E-state index is 11.5. The zero-order valence-electron chi connectivity index (χ0n) is 25.3. The molecule has 51 heavy (non-hydrogen) atoms. The standard InChI is InChI=1S/C36H22O15/c37-23-12(8-13-18(25(23)39)26(40)32(46)31(45)24(13)38)17-21-19(27(41)33(47)35(49)29(21)43)16(20-22(17)30(44)36(50)34(48)28(20)42)9-5-6-15-11(7-9)10-3-1-2-4-14(10)51-15/h1-8,37-50H. The number of furan rings is 1. The van der Waals surface area contributed by atoms with Crippen LogP contribution in [0.5, 0.6) is 80.5 Å². The molecule has 0 aliphatic rings. The van der Waals surface area contributed by atoms with Gasteiger partial charge in [-0.2, -0.15) is 0 Å². The van der Waals surface area contributed by atoms with Gasteiger partial charge in [-0.15, -0.1) is 0 Å². The maximum absolute atomic E-state index is 11.5. The minimum Gasteiger partial charge on any atom is -0.504 e. The van der Waals surface area contributed by atoms with Crippen molar-refractivity contribution in [2.45, 2.75) is 0 Å². The number of hydrogen-bond donors (Lipinski definition) is 14. The average Bonchev–Trinajstić information content (AvgIpc) is 3.50. The van der Waals surface area contributed by atoms with Gasteiger partial charge in [0.25, 0.3) is 0 Å². The zero-order valence-corrected chi connectivity index (χ0v) is 25.3. The molecule has 0 unspecified atom stereocenters. The van der Waals surface area contributed by atoms with Gasteiger partial charge in [-0.3, -0.25) is 0 Å². The fourth-order valence-electron chi connectivity index (χ4n) is 6.80. The SMILES string of the molecule is Oc1c(O)c(O)c2c(O)c(O)c(-c3c4c(O)c(O)c(O)c(O)c4c(-c4ccc5oc6ccccc6c5c4)c4c(O)c(O)c(O)c(O)c34)cc2c1O. The highest BCUT2D eigenvalue weighted by molar-refractivity contribution is 6.30. The van der Waals surface area contributed by atoms with Crippen LogP contribution in [0.1, 0.15) is 0 Å². The van der Waals surface area contributed by atoms with Crippen molar-refractivity contribution >= 4 is 54.3 Å². The number of phenols is 14. The molecule has 1 aromatic heterocycles. The van der Waals surface area contributed by atoms with E-state index in [1.54, 1.807) is 24.3 Å². The third kappa shape index (κ3) is 3.70. The van der Waals surface area contributed by atoms with Gasteiger partial charge in [-0.25, -0.2) is 0 Å². The molecule has 15 nitrogen and oxygen atoms in total. The Balaban J connectivity index is 1.68. The molecule has 0 aliphatic heterocycles. The summed E-state index contributed by atoms with van der Waals surface area (Å²) in [6.07, 6.45) is 0. The maximum Gasteiger partial charge on any atom is 0.205 e. The topological polar surface area (TPSA) is 296 Å². The summed E-state index contributed by atoms with van der Waals surface area (Å²) in [6.45, 7) is 0. The van der Waals surface area contributed by atoms with Crippen LogP contribution in [0.25, 0.3) is 76.5 Å². The third-order valence-electron chi connectivity index (χ3n) is 9.17. The molecule has 0 atom stereocenters. The van der Waals surface area contributed by atoms with E-state index in [0.717, 1.165) is 6.07 Å². The third-order valence-corrected chi connectivity index (χ3v) is 9.17. The summed E-state index contributed by atoms with van der Waals surface area (Å²) in [5, 5.41) is 150. The Morgan fingerprint density at radius 1 is 0.314 bits per heavy atom. The largest absolute Gasteiger partial charge is 0.504 e. The first kappa shape index (κ1) is 30.6. The molecule has 1 heterocycles. The fourth-order valence-corrected chi connectivity index (χ4v) is 6.80. The number of fused-ring (bicyclic) bond motifs is 6. The van der Waals surface area contributed by atoms with E-state index in [-0.39, 0.29) is 11.1 Å². The summed E-state index contributed by atoms with van der Waals surface area (Å²) >= 11 is 0. The van der Waals surface area contributed by atoms with E-state index in [4.69, 9.17) is 4.42 Å². The lowest BCUT2D eigenvalue weighted by Gasteiger charge is -2.23. The summed E-state index contributed by atoms with van der Waals surface area (Å²) < 4.78 is 5.90. The molecule has 0 radical (unpaired) electrons. The first-order valence-electron chi connectivity index (χ1n) is 14.7. The van der Waals surface area contributed by atoms with Crippen molar-refractivity contribution in [3.8, 4) is 103 Å². The summed E-state index contributed by atoms with van der Waals surface area (Å²) in [6, 6.07) is 12.2. The molecule has 256 valence electrons. The van der Waals surface area contributed by atoms with Gasteiger partial charge < -0.3 is 75.9 Å². The van der Waals surface area contributed by atoms with Crippen LogP contribution in [0.4, 0.5) is 0 Å². The predicted octanol–water partition coefficient (Wildman–Crippen LogP) is 6.26. The molecule has 0 fully saturated rings.